The van der Waals surface area contributed by atoms with Crippen molar-refractivity contribution in [2.24, 2.45) is 0 Å². The molecule has 0 aliphatic carbocycles. The summed E-state index contributed by atoms with van der Waals surface area (Å²) in [6.45, 7) is 4.53. The van der Waals surface area contributed by atoms with Crippen LogP contribution in [0.2, 0.25) is 0 Å². The molecule has 0 heterocycles. The first-order valence-corrected chi connectivity index (χ1v) is 10.9. The number of carbonyl (C=O) groups excluding carboxylic acids is 1. The zero-order valence-electron chi connectivity index (χ0n) is 17.4. The second kappa shape index (κ2) is 21.7. The molecule has 0 saturated heterocycles. The standard InChI is InChI=1S/C24H42O2/c1-3-5-6-7-8-9-10-11-12-13-14-15-16-17-18-19-20-21-22-23-24(25)26-4-2/h5-6,8-9,11-12H,3-4,7,10,13-23H2,1-2H3/b6-5-,9-8-,12-11-. The third-order valence-electron chi connectivity index (χ3n) is 4.34. The minimum Gasteiger partial charge on any atom is -0.466 e. The minimum atomic E-state index is -0.0401. The van der Waals surface area contributed by atoms with Crippen LogP contribution < -0.4 is 0 Å². The van der Waals surface area contributed by atoms with Crippen LogP contribution in [0.15, 0.2) is 36.5 Å². The average Bonchev–Trinajstić information content (AvgIpc) is 2.64. The zero-order chi connectivity index (χ0) is 19.1. The van der Waals surface area contributed by atoms with E-state index in [1.165, 1.54) is 51.4 Å². The first-order chi connectivity index (χ1) is 12.8. The second-order valence-corrected chi connectivity index (χ2v) is 6.82. The molecule has 2 heteroatoms. The van der Waals surface area contributed by atoms with Gasteiger partial charge in [-0.1, -0.05) is 88.3 Å². The molecule has 0 aliphatic rings. The fraction of sp³-hybridized carbons (Fsp3) is 0.708. The van der Waals surface area contributed by atoms with Gasteiger partial charge in [-0.15, -0.1) is 0 Å². The van der Waals surface area contributed by atoms with Gasteiger partial charge in [0.1, 0.15) is 0 Å². The van der Waals surface area contributed by atoms with Crippen LogP contribution in [0.3, 0.4) is 0 Å². The van der Waals surface area contributed by atoms with Gasteiger partial charge in [0.05, 0.1) is 6.61 Å². The molecular weight excluding hydrogens is 320 g/mol. The van der Waals surface area contributed by atoms with E-state index in [1.807, 2.05) is 6.92 Å². The van der Waals surface area contributed by atoms with E-state index in [4.69, 9.17) is 4.74 Å². The molecule has 26 heavy (non-hydrogen) atoms. The van der Waals surface area contributed by atoms with Gasteiger partial charge in [0.25, 0.3) is 0 Å². The van der Waals surface area contributed by atoms with E-state index >= 15 is 0 Å². The summed E-state index contributed by atoms with van der Waals surface area (Å²) in [7, 11) is 0. The molecule has 0 aromatic carbocycles. The third kappa shape index (κ3) is 20.7. The van der Waals surface area contributed by atoms with Crippen molar-refractivity contribution in [3.05, 3.63) is 36.5 Å². The first-order valence-electron chi connectivity index (χ1n) is 10.9. The molecule has 0 aromatic heterocycles. The van der Waals surface area contributed by atoms with Crippen molar-refractivity contribution in [2.45, 2.75) is 104 Å². The number of hydrogen-bond acceptors (Lipinski definition) is 2. The van der Waals surface area contributed by atoms with Gasteiger partial charge in [0.15, 0.2) is 0 Å². The number of ether oxygens (including phenoxy) is 1. The molecule has 0 amide bonds. The Morgan fingerprint density at radius 2 is 1.15 bits per heavy atom. The van der Waals surface area contributed by atoms with Crippen molar-refractivity contribution in [3.63, 3.8) is 0 Å². The van der Waals surface area contributed by atoms with E-state index in [0.717, 1.165) is 32.1 Å². The Morgan fingerprint density at radius 3 is 1.73 bits per heavy atom. The highest BCUT2D eigenvalue weighted by Gasteiger charge is 2.00. The molecule has 0 saturated carbocycles. The first kappa shape index (κ1) is 24.7. The summed E-state index contributed by atoms with van der Waals surface area (Å²) in [5.41, 5.74) is 0. The lowest BCUT2D eigenvalue weighted by atomic mass is 10.1. The Labute approximate surface area is 162 Å². The monoisotopic (exact) mass is 362 g/mol. The zero-order valence-corrected chi connectivity index (χ0v) is 17.4. The highest BCUT2D eigenvalue weighted by atomic mass is 16.5. The molecular formula is C24H42O2. The minimum absolute atomic E-state index is 0.0401. The van der Waals surface area contributed by atoms with Crippen molar-refractivity contribution in [2.75, 3.05) is 6.61 Å². The van der Waals surface area contributed by atoms with E-state index in [0.29, 0.717) is 13.0 Å². The quantitative estimate of drug-likeness (QED) is 0.142. The van der Waals surface area contributed by atoms with Crippen LogP contribution in [-0.4, -0.2) is 12.6 Å². The van der Waals surface area contributed by atoms with Gasteiger partial charge >= 0.3 is 5.97 Å². The van der Waals surface area contributed by atoms with Gasteiger partial charge in [-0.3, -0.25) is 4.79 Å². The number of allylic oxidation sites excluding steroid dienone is 6. The number of esters is 1. The summed E-state index contributed by atoms with van der Waals surface area (Å²) < 4.78 is 4.93. The molecule has 0 aliphatic heterocycles. The maximum Gasteiger partial charge on any atom is 0.305 e. The molecule has 0 fully saturated rings. The molecule has 150 valence electrons. The lowest BCUT2D eigenvalue weighted by Gasteiger charge is -2.03. The van der Waals surface area contributed by atoms with Crippen molar-refractivity contribution in [3.8, 4) is 0 Å². The average molecular weight is 363 g/mol. The second-order valence-electron chi connectivity index (χ2n) is 6.82. The Bertz CT molecular complexity index is 380. The molecule has 0 atom stereocenters. The van der Waals surface area contributed by atoms with Gasteiger partial charge in [-0.25, -0.2) is 0 Å². The maximum atomic E-state index is 11.2. The van der Waals surface area contributed by atoms with Crippen LogP contribution in [0.4, 0.5) is 0 Å². The molecule has 0 N–H and O–H groups in total. The molecule has 0 unspecified atom stereocenters. The Hall–Kier alpha value is -1.31. The van der Waals surface area contributed by atoms with Crippen LogP contribution in [0.5, 0.6) is 0 Å². The van der Waals surface area contributed by atoms with E-state index in [-0.39, 0.29) is 5.97 Å². The smallest absolute Gasteiger partial charge is 0.305 e. The number of carbonyl (C=O) groups is 1. The fourth-order valence-electron chi connectivity index (χ4n) is 2.83. The van der Waals surface area contributed by atoms with Gasteiger partial charge in [0, 0.05) is 6.42 Å². The van der Waals surface area contributed by atoms with Gasteiger partial charge < -0.3 is 4.74 Å². The maximum absolute atomic E-state index is 11.2. The van der Waals surface area contributed by atoms with Crippen molar-refractivity contribution < 1.29 is 9.53 Å². The molecule has 0 aromatic rings. The number of unbranched alkanes of at least 4 members (excludes halogenated alkanes) is 9. The van der Waals surface area contributed by atoms with Crippen molar-refractivity contribution in [1.82, 2.24) is 0 Å². The SMILES string of the molecule is CC/C=C\C/C=C\C/C=C\CCCCCCCCCCCC(=O)OCC. The molecule has 0 spiro atoms. The Kier molecular flexibility index (Phi) is 20.6. The lowest BCUT2D eigenvalue weighted by molar-refractivity contribution is -0.143. The van der Waals surface area contributed by atoms with Crippen molar-refractivity contribution >= 4 is 5.97 Å². The summed E-state index contributed by atoms with van der Waals surface area (Å²) in [6.07, 6.45) is 30.1. The van der Waals surface area contributed by atoms with Crippen LogP contribution in [0, 0.1) is 0 Å². The summed E-state index contributed by atoms with van der Waals surface area (Å²) >= 11 is 0. The van der Waals surface area contributed by atoms with E-state index in [1.54, 1.807) is 0 Å². The number of hydrogen-bond donors (Lipinski definition) is 0. The largest absolute Gasteiger partial charge is 0.466 e. The van der Waals surface area contributed by atoms with Crippen molar-refractivity contribution in [1.29, 1.82) is 0 Å². The van der Waals surface area contributed by atoms with Gasteiger partial charge in [0.2, 0.25) is 0 Å². The van der Waals surface area contributed by atoms with Crippen LogP contribution in [0.1, 0.15) is 104 Å². The third-order valence-corrected chi connectivity index (χ3v) is 4.34. The normalized spacial score (nSPS) is 11.9. The molecule has 0 rings (SSSR count). The molecule has 0 radical (unpaired) electrons. The highest BCUT2D eigenvalue weighted by Crippen LogP contribution is 2.12. The van der Waals surface area contributed by atoms with E-state index < -0.39 is 0 Å². The summed E-state index contributed by atoms with van der Waals surface area (Å²) in [6, 6.07) is 0. The van der Waals surface area contributed by atoms with Gasteiger partial charge in [-0.05, 0) is 45.4 Å². The van der Waals surface area contributed by atoms with Crippen LogP contribution in [0.25, 0.3) is 0 Å². The fourth-order valence-corrected chi connectivity index (χ4v) is 2.83. The Morgan fingerprint density at radius 1 is 0.654 bits per heavy atom. The summed E-state index contributed by atoms with van der Waals surface area (Å²) in [5, 5.41) is 0. The molecule has 0 bridgehead atoms. The lowest BCUT2D eigenvalue weighted by Crippen LogP contribution is -2.03. The topological polar surface area (TPSA) is 26.3 Å². The van der Waals surface area contributed by atoms with E-state index in [9.17, 15) is 4.79 Å². The predicted molar refractivity (Wildman–Crippen MR) is 114 cm³/mol. The van der Waals surface area contributed by atoms with E-state index in [2.05, 4.69) is 43.4 Å². The summed E-state index contributed by atoms with van der Waals surface area (Å²) in [5.74, 6) is -0.0401. The summed E-state index contributed by atoms with van der Waals surface area (Å²) in [4.78, 5) is 11.2. The molecule has 2 nitrogen and oxygen atoms in total. The van der Waals surface area contributed by atoms with Gasteiger partial charge in [-0.2, -0.15) is 0 Å². The Balaban J connectivity index is 3.20. The predicted octanol–water partition coefficient (Wildman–Crippen LogP) is 7.70. The van der Waals surface area contributed by atoms with Crippen LogP contribution >= 0.6 is 0 Å². The highest BCUT2D eigenvalue weighted by molar-refractivity contribution is 5.69. The van der Waals surface area contributed by atoms with Crippen LogP contribution in [-0.2, 0) is 9.53 Å². The number of rotatable bonds is 18.